The van der Waals surface area contributed by atoms with Gasteiger partial charge in [0.1, 0.15) is 5.76 Å². The van der Waals surface area contributed by atoms with E-state index >= 15 is 0 Å². The molecule has 1 aromatic carbocycles. The van der Waals surface area contributed by atoms with Crippen molar-refractivity contribution in [2.24, 2.45) is 5.73 Å². The summed E-state index contributed by atoms with van der Waals surface area (Å²) >= 11 is 0. The SMILES string of the molecule is CCOC(=O)c1nc([C@H](N)Cc2c[nH]c3ccccc23)oc1C1CC1. The first-order valence-electron chi connectivity index (χ1n) is 8.65. The molecule has 4 rings (SSSR count). The lowest BCUT2D eigenvalue weighted by Gasteiger charge is -2.06. The topological polar surface area (TPSA) is 94.1 Å². The van der Waals surface area contributed by atoms with E-state index in [0.717, 1.165) is 29.3 Å². The van der Waals surface area contributed by atoms with Crippen LogP contribution in [0.25, 0.3) is 10.9 Å². The highest BCUT2D eigenvalue weighted by Crippen LogP contribution is 2.42. The van der Waals surface area contributed by atoms with E-state index in [1.807, 2.05) is 24.4 Å². The number of esters is 1. The minimum atomic E-state index is -0.432. The van der Waals surface area contributed by atoms with Crippen LogP contribution in [0.5, 0.6) is 0 Å². The van der Waals surface area contributed by atoms with E-state index in [9.17, 15) is 4.79 Å². The van der Waals surface area contributed by atoms with Crippen molar-refractivity contribution in [2.75, 3.05) is 6.61 Å². The molecule has 2 aromatic heterocycles. The summed E-state index contributed by atoms with van der Waals surface area (Å²) in [6.07, 6.45) is 4.57. The fourth-order valence-electron chi connectivity index (χ4n) is 3.10. The summed E-state index contributed by atoms with van der Waals surface area (Å²) in [7, 11) is 0. The third-order valence-electron chi connectivity index (χ3n) is 4.52. The van der Waals surface area contributed by atoms with Crippen LogP contribution in [0.15, 0.2) is 34.9 Å². The fourth-order valence-corrected chi connectivity index (χ4v) is 3.10. The summed E-state index contributed by atoms with van der Waals surface area (Å²) in [6.45, 7) is 2.09. The highest BCUT2D eigenvalue weighted by molar-refractivity contribution is 5.88. The quantitative estimate of drug-likeness (QED) is 0.671. The number of aromatic amines is 1. The van der Waals surface area contributed by atoms with Crippen LogP contribution in [-0.2, 0) is 11.2 Å². The minimum Gasteiger partial charge on any atom is -0.461 e. The molecule has 1 aliphatic rings. The number of benzene rings is 1. The summed E-state index contributed by atoms with van der Waals surface area (Å²) in [5.41, 5.74) is 8.79. The average molecular weight is 339 g/mol. The van der Waals surface area contributed by atoms with Gasteiger partial charge in [-0.2, -0.15) is 0 Å². The lowest BCUT2D eigenvalue weighted by Crippen LogP contribution is -2.14. The van der Waals surface area contributed by atoms with Crippen LogP contribution < -0.4 is 5.73 Å². The zero-order valence-corrected chi connectivity index (χ0v) is 14.1. The van der Waals surface area contributed by atoms with Gasteiger partial charge in [0.2, 0.25) is 5.89 Å². The number of hydrogen-bond donors (Lipinski definition) is 2. The van der Waals surface area contributed by atoms with Crippen molar-refractivity contribution in [3.8, 4) is 0 Å². The van der Waals surface area contributed by atoms with Gasteiger partial charge in [0.05, 0.1) is 12.6 Å². The van der Waals surface area contributed by atoms with Crippen molar-refractivity contribution in [1.29, 1.82) is 0 Å². The smallest absolute Gasteiger partial charge is 0.360 e. The van der Waals surface area contributed by atoms with Gasteiger partial charge in [-0.05, 0) is 37.8 Å². The Balaban J connectivity index is 1.60. The van der Waals surface area contributed by atoms with Crippen LogP contribution in [0.1, 0.15) is 59.4 Å². The normalized spacial score (nSPS) is 15.4. The number of nitrogens with one attached hydrogen (secondary N) is 1. The molecule has 25 heavy (non-hydrogen) atoms. The van der Waals surface area contributed by atoms with E-state index in [-0.39, 0.29) is 11.6 Å². The summed E-state index contributed by atoms with van der Waals surface area (Å²) < 4.78 is 11.0. The molecule has 0 bridgehead atoms. The van der Waals surface area contributed by atoms with Gasteiger partial charge in [-0.25, -0.2) is 9.78 Å². The van der Waals surface area contributed by atoms with E-state index in [2.05, 4.69) is 16.0 Å². The predicted octanol–water partition coefficient (Wildman–Crippen LogP) is 3.45. The third-order valence-corrected chi connectivity index (χ3v) is 4.52. The lowest BCUT2D eigenvalue weighted by atomic mass is 10.1. The van der Waals surface area contributed by atoms with Gasteiger partial charge in [0.25, 0.3) is 0 Å². The molecule has 6 nitrogen and oxygen atoms in total. The Morgan fingerprint density at radius 2 is 2.24 bits per heavy atom. The number of oxazole rings is 1. The van der Waals surface area contributed by atoms with Crippen LogP contribution in [-0.4, -0.2) is 22.5 Å². The second-order valence-electron chi connectivity index (χ2n) is 6.43. The largest absolute Gasteiger partial charge is 0.461 e. The molecule has 1 fully saturated rings. The van der Waals surface area contributed by atoms with Gasteiger partial charge in [0, 0.05) is 23.0 Å². The molecule has 130 valence electrons. The van der Waals surface area contributed by atoms with Crippen molar-refractivity contribution >= 4 is 16.9 Å². The number of rotatable bonds is 6. The van der Waals surface area contributed by atoms with Crippen molar-refractivity contribution in [1.82, 2.24) is 9.97 Å². The number of carbonyl (C=O) groups is 1. The first-order valence-corrected chi connectivity index (χ1v) is 8.65. The molecule has 0 unspecified atom stereocenters. The van der Waals surface area contributed by atoms with Crippen molar-refractivity contribution in [2.45, 2.75) is 38.1 Å². The number of fused-ring (bicyclic) bond motifs is 1. The Labute approximate surface area is 145 Å². The highest BCUT2D eigenvalue weighted by atomic mass is 16.5. The molecular formula is C19H21N3O3. The summed E-state index contributed by atoms with van der Waals surface area (Å²) in [5.74, 6) is 0.859. The number of para-hydroxylation sites is 1. The molecule has 0 saturated heterocycles. The number of hydrogen-bond acceptors (Lipinski definition) is 5. The Hall–Kier alpha value is -2.60. The van der Waals surface area contributed by atoms with Gasteiger partial charge in [-0.3, -0.25) is 0 Å². The lowest BCUT2D eigenvalue weighted by molar-refractivity contribution is 0.0517. The monoisotopic (exact) mass is 339 g/mol. The molecule has 0 aliphatic heterocycles. The molecule has 2 heterocycles. The number of aromatic nitrogens is 2. The van der Waals surface area contributed by atoms with Crippen LogP contribution in [0.4, 0.5) is 0 Å². The molecule has 1 aliphatic carbocycles. The molecule has 3 N–H and O–H groups in total. The molecule has 0 amide bonds. The number of nitrogens with two attached hydrogens (primary N) is 1. The second kappa shape index (κ2) is 6.37. The average Bonchev–Trinajstić information content (AvgIpc) is 3.23. The van der Waals surface area contributed by atoms with Gasteiger partial charge in [-0.1, -0.05) is 18.2 Å². The van der Waals surface area contributed by atoms with E-state index in [1.54, 1.807) is 6.92 Å². The molecule has 1 saturated carbocycles. The predicted molar refractivity (Wildman–Crippen MR) is 93.4 cm³/mol. The minimum absolute atomic E-state index is 0.265. The summed E-state index contributed by atoms with van der Waals surface area (Å²) in [4.78, 5) is 19.8. The second-order valence-corrected chi connectivity index (χ2v) is 6.43. The van der Waals surface area contributed by atoms with E-state index < -0.39 is 12.0 Å². The maximum atomic E-state index is 12.1. The van der Waals surface area contributed by atoms with Gasteiger partial charge in [0.15, 0.2) is 5.69 Å². The van der Waals surface area contributed by atoms with E-state index in [1.165, 1.54) is 0 Å². The Morgan fingerprint density at radius 1 is 1.44 bits per heavy atom. The maximum absolute atomic E-state index is 12.1. The number of H-pyrrole nitrogens is 1. The Morgan fingerprint density at radius 3 is 3.00 bits per heavy atom. The molecule has 1 atom stereocenters. The first-order chi connectivity index (χ1) is 12.2. The molecule has 0 spiro atoms. The Bertz CT molecular complexity index is 908. The van der Waals surface area contributed by atoms with Crippen molar-refractivity contribution in [3.05, 3.63) is 53.4 Å². The molecule has 0 radical (unpaired) electrons. The zero-order chi connectivity index (χ0) is 17.4. The standard InChI is InChI=1S/C19H21N3O3/c1-2-24-19(23)16-17(11-7-8-11)25-18(22-16)14(20)9-12-10-21-15-6-4-3-5-13(12)15/h3-6,10-11,14,21H,2,7-9,20H2,1H3/t14-/m1/s1. The van der Waals surface area contributed by atoms with Crippen LogP contribution >= 0.6 is 0 Å². The van der Waals surface area contributed by atoms with Gasteiger partial charge < -0.3 is 19.9 Å². The van der Waals surface area contributed by atoms with Crippen LogP contribution in [0.2, 0.25) is 0 Å². The van der Waals surface area contributed by atoms with E-state index in [4.69, 9.17) is 14.9 Å². The number of nitrogens with zero attached hydrogens (tertiary/aromatic N) is 1. The van der Waals surface area contributed by atoms with Crippen LogP contribution in [0, 0.1) is 0 Å². The first kappa shape index (κ1) is 15.9. The summed E-state index contributed by atoms with van der Waals surface area (Å²) in [5, 5.41) is 1.14. The zero-order valence-electron chi connectivity index (χ0n) is 14.1. The van der Waals surface area contributed by atoms with E-state index in [0.29, 0.717) is 24.7 Å². The molecule has 3 aromatic rings. The third kappa shape index (κ3) is 3.05. The maximum Gasteiger partial charge on any atom is 0.360 e. The van der Waals surface area contributed by atoms with Gasteiger partial charge >= 0.3 is 5.97 Å². The summed E-state index contributed by atoms with van der Waals surface area (Å²) in [6, 6.07) is 7.66. The molecule has 6 heteroatoms. The Kier molecular flexibility index (Phi) is 4.05. The number of carbonyl (C=O) groups excluding carboxylic acids is 1. The van der Waals surface area contributed by atoms with Crippen LogP contribution in [0.3, 0.4) is 0 Å². The van der Waals surface area contributed by atoms with Gasteiger partial charge in [-0.15, -0.1) is 0 Å². The number of ether oxygens (including phenoxy) is 1. The van der Waals surface area contributed by atoms with Crippen molar-refractivity contribution in [3.63, 3.8) is 0 Å². The highest BCUT2D eigenvalue weighted by Gasteiger charge is 2.35. The molecular weight excluding hydrogens is 318 g/mol. The fraction of sp³-hybridized carbons (Fsp3) is 0.368. The van der Waals surface area contributed by atoms with Crippen molar-refractivity contribution < 1.29 is 13.9 Å².